The van der Waals surface area contributed by atoms with Gasteiger partial charge in [-0.3, -0.25) is 4.98 Å². The summed E-state index contributed by atoms with van der Waals surface area (Å²) in [5.41, 5.74) is 1.76. The summed E-state index contributed by atoms with van der Waals surface area (Å²) in [6, 6.07) is 9.36. The van der Waals surface area contributed by atoms with Crippen molar-refractivity contribution < 1.29 is 4.74 Å². The molecule has 2 aromatic rings. The highest BCUT2D eigenvalue weighted by molar-refractivity contribution is 6.34. The van der Waals surface area contributed by atoms with Gasteiger partial charge in [-0.2, -0.15) is 0 Å². The van der Waals surface area contributed by atoms with Gasteiger partial charge in [0.25, 0.3) is 0 Å². The van der Waals surface area contributed by atoms with Crippen LogP contribution in [0.15, 0.2) is 36.5 Å². The van der Waals surface area contributed by atoms with Crippen LogP contribution in [0.3, 0.4) is 0 Å². The molecule has 1 N–H and O–H groups in total. The molecule has 100 valence electrons. The van der Waals surface area contributed by atoms with E-state index in [9.17, 15) is 0 Å². The van der Waals surface area contributed by atoms with Gasteiger partial charge in [0, 0.05) is 6.20 Å². The zero-order valence-electron chi connectivity index (χ0n) is 10.7. The molecule has 0 aliphatic carbocycles. The van der Waals surface area contributed by atoms with Crippen LogP contribution in [-0.2, 0) is 0 Å². The summed E-state index contributed by atoms with van der Waals surface area (Å²) < 4.78 is 5.23. The Balaban J connectivity index is 2.43. The first-order valence-electron chi connectivity index (χ1n) is 5.78. The summed E-state index contributed by atoms with van der Waals surface area (Å²) >= 11 is 12.1. The summed E-state index contributed by atoms with van der Waals surface area (Å²) in [5.74, 6) is 0.794. The van der Waals surface area contributed by atoms with E-state index in [1.807, 2.05) is 31.3 Å². The molecule has 0 fully saturated rings. The SMILES string of the molecule is CNC(c1cccc(OC)c1)c1ncc(Cl)cc1Cl. The second-order valence-corrected chi connectivity index (χ2v) is 4.86. The maximum atomic E-state index is 6.21. The van der Waals surface area contributed by atoms with Gasteiger partial charge in [0.05, 0.1) is 28.9 Å². The van der Waals surface area contributed by atoms with E-state index in [4.69, 9.17) is 27.9 Å². The molecule has 0 spiro atoms. The average molecular weight is 297 g/mol. The number of hydrogen-bond acceptors (Lipinski definition) is 3. The smallest absolute Gasteiger partial charge is 0.119 e. The van der Waals surface area contributed by atoms with Crippen LogP contribution >= 0.6 is 23.2 Å². The van der Waals surface area contributed by atoms with Crippen molar-refractivity contribution in [1.29, 1.82) is 0 Å². The van der Waals surface area contributed by atoms with Gasteiger partial charge in [-0.15, -0.1) is 0 Å². The molecule has 0 amide bonds. The Morgan fingerprint density at radius 3 is 2.68 bits per heavy atom. The van der Waals surface area contributed by atoms with E-state index in [1.54, 1.807) is 19.4 Å². The third kappa shape index (κ3) is 3.18. The van der Waals surface area contributed by atoms with Crippen LogP contribution in [0.25, 0.3) is 0 Å². The maximum Gasteiger partial charge on any atom is 0.119 e. The Morgan fingerprint density at radius 1 is 1.26 bits per heavy atom. The monoisotopic (exact) mass is 296 g/mol. The molecule has 1 unspecified atom stereocenters. The molecule has 3 nitrogen and oxygen atoms in total. The minimum atomic E-state index is -0.111. The highest BCUT2D eigenvalue weighted by Crippen LogP contribution is 2.29. The van der Waals surface area contributed by atoms with Gasteiger partial charge >= 0.3 is 0 Å². The Bertz CT molecular complexity index is 575. The number of rotatable bonds is 4. The topological polar surface area (TPSA) is 34.1 Å². The van der Waals surface area contributed by atoms with Gasteiger partial charge in [0.2, 0.25) is 0 Å². The van der Waals surface area contributed by atoms with Gasteiger partial charge in [-0.05, 0) is 30.8 Å². The fourth-order valence-electron chi connectivity index (χ4n) is 1.92. The lowest BCUT2D eigenvalue weighted by atomic mass is 10.0. The quantitative estimate of drug-likeness (QED) is 0.934. The minimum Gasteiger partial charge on any atom is -0.497 e. The fourth-order valence-corrected chi connectivity index (χ4v) is 2.41. The van der Waals surface area contributed by atoms with Crippen LogP contribution in [-0.4, -0.2) is 19.1 Å². The van der Waals surface area contributed by atoms with Crippen LogP contribution in [0.1, 0.15) is 17.3 Å². The number of halogens is 2. The predicted octanol–water partition coefficient (Wildman–Crippen LogP) is 3.71. The number of nitrogens with zero attached hydrogens (tertiary/aromatic N) is 1. The molecule has 1 heterocycles. The van der Waals surface area contributed by atoms with Gasteiger partial charge in [0.1, 0.15) is 5.75 Å². The van der Waals surface area contributed by atoms with Crippen LogP contribution in [0.2, 0.25) is 10.0 Å². The van der Waals surface area contributed by atoms with Crippen molar-refractivity contribution >= 4 is 23.2 Å². The van der Waals surface area contributed by atoms with Gasteiger partial charge in [0.15, 0.2) is 0 Å². The second kappa shape index (κ2) is 6.24. The molecule has 5 heteroatoms. The van der Waals surface area contributed by atoms with E-state index < -0.39 is 0 Å². The van der Waals surface area contributed by atoms with E-state index in [-0.39, 0.29) is 6.04 Å². The summed E-state index contributed by atoms with van der Waals surface area (Å²) in [6.45, 7) is 0. The number of benzene rings is 1. The summed E-state index contributed by atoms with van der Waals surface area (Å²) in [5, 5.41) is 4.26. The number of nitrogens with one attached hydrogen (secondary N) is 1. The summed E-state index contributed by atoms with van der Waals surface area (Å²) in [4.78, 5) is 4.31. The average Bonchev–Trinajstić information content (AvgIpc) is 2.42. The molecule has 0 aliphatic rings. The van der Waals surface area contributed by atoms with Crippen LogP contribution < -0.4 is 10.1 Å². The first-order valence-corrected chi connectivity index (χ1v) is 6.53. The van der Waals surface area contributed by atoms with Gasteiger partial charge in [-0.1, -0.05) is 35.3 Å². The highest BCUT2D eigenvalue weighted by atomic mass is 35.5. The zero-order chi connectivity index (χ0) is 13.8. The van der Waals surface area contributed by atoms with Crippen molar-refractivity contribution in [3.05, 3.63) is 57.8 Å². The molecule has 1 atom stereocenters. The first kappa shape index (κ1) is 14.1. The van der Waals surface area contributed by atoms with Crippen molar-refractivity contribution in [2.75, 3.05) is 14.2 Å². The van der Waals surface area contributed by atoms with Crippen LogP contribution in [0, 0.1) is 0 Å². The van der Waals surface area contributed by atoms with Crippen LogP contribution in [0.4, 0.5) is 0 Å². The number of ether oxygens (including phenoxy) is 1. The molecule has 0 saturated heterocycles. The van der Waals surface area contributed by atoms with E-state index in [1.165, 1.54) is 0 Å². The molecule has 0 saturated carbocycles. The lowest BCUT2D eigenvalue weighted by Crippen LogP contribution is -2.19. The third-order valence-corrected chi connectivity index (χ3v) is 3.33. The van der Waals surface area contributed by atoms with Crippen molar-refractivity contribution in [2.45, 2.75) is 6.04 Å². The molecule has 19 heavy (non-hydrogen) atoms. The summed E-state index contributed by atoms with van der Waals surface area (Å²) in [6.07, 6.45) is 1.59. The lowest BCUT2D eigenvalue weighted by Gasteiger charge is -2.18. The van der Waals surface area contributed by atoms with Crippen LogP contribution in [0.5, 0.6) is 5.75 Å². The molecule has 0 aliphatic heterocycles. The Kier molecular flexibility index (Phi) is 4.64. The zero-order valence-corrected chi connectivity index (χ0v) is 12.2. The second-order valence-electron chi connectivity index (χ2n) is 4.02. The van der Waals surface area contributed by atoms with Crippen molar-refractivity contribution in [3.63, 3.8) is 0 Å². The third-order valence-electron chi connectivity index (χ3n) is 2.83. The molecular weight excluding hydrogens is 283 g/mol. The molecule has 2 rings (SSSR count). The lowest BCUT2D eigenvalue weighted by molar-refractivity contribution is 0.413. The molecule has 0 bridgehead atoms. The van der Waals surface area contributed by atoms with E-state index >= 15 is 0 Å². The maximum absolute atomic E-state index is 6.21. The Morgan fingerprint density at radius 2 is 2.05 bits per heavy atom. The van der Waals surface area contributed by atoms with Gasteiger partial charge < -0.3 is 10.1 Å². The number of aromatic nitrogens is 1. The number of methoxy groups -OCH3 is 1. The van der Waals surface area contributed by atoms with Crippen molar-refractivity contribution in [1.82, 2.24) is 10.3 Å². The highest BCUT2D eigenvalue weighted by Gasteiger charge is 2.17. The summed E-state index contributed by atoms with van der Waals surface area (Å²) in [7, 11) is 3.50. The Labute approximate surface area is 122 Å². The standard InChI is InChI=1S/C14H14Cl2N2O/c1-17-13(9-4-3-5-11(6-9)19-2)14-12(16)7-10(15)8-18-14/h3-8,13,17H,1-2H3. The van der Waals surface area contributed by atoms with E-state index in [2.05, 4.69) is 10.3 Å². The largest absolute Gasteiger partial charge is 0.497 e. The minimum absolute atomic E-state index is 0.111. The number of hydrogen-bond donors (Lipinski definition) is 1. The molecule has 0 radical (unpaired) electrons. The van der Waals surface area contributed by atoms with Gasteiger partial charge in [-0.25, -0.2) is 0 Å². The molecule has 1 aromatic carbocycles. The van der Waals surface area contributed by atoms with E-state index in [0.29, 0.717) is 10.0 Å². The normalized spacial score (nSPS) is 12.2. The predicted molar refractivity (Wildman–Crippen MR) is 78.2 cm³/mol. The Hall–Kier alpha value is -1.29. The van der Waals surface area contributed by atoms with Crippen molar-refractivity contribution in [3.8, 4) is 5.75 Å². The first-order chi connectivity index (χ1) is 9.15. The fraction of sp³-hybridized carbons (Fsp3) is 0.214. The van der Waals surface area contributed by atoms with E-state index in [0.717, 1.165) is 17.0 Å². The van der Waals surface area contributed by atoms with Crippen molar-refractivity contribution in [2.24, 2.45) is 0 Å². The molecular formula is C14H14Cl2N2O. The number of pyridine rings is 1. The molecule has 1 aromatic heterocycles.